The number of nitrogens with zero attached hydrogens (tertiary/aromatic N) is 4. The Bertz CT molecular complexity index is 783. The van der Waals surface area contributed by atoms with Gasteiger partial charge in [-0.2, -0.15) is 0 Å². The average molecular weight is 336 g/mol. The maximum atomic E-state index is 5.88. The number of benzene rings is 1. The van der Waals surface area contributed by atoms with Crippen molar-refractivity contribution in [2.45, 2.75) is 25.5 Å². The van der Waals surface area contributed by atoms with Crippen LogP contribution >= 0.6 is 0 Å². The predicted molar refractivity (Wildman–Crippen MR) is 92.9 cm³/mol. The van der Waals surface area contributed by atoms with Gasteiger partial charge in [0.25, 0.3) is 0 Å². The summed E-state index contributed by atoms with van der Waals surface area (Å²) in [6, 6.07) is 12.1. The van der Waals surface area contributed by atoms with E-state index in [0.29, 0.717) is 5.88 Å². The Kier molecular flexibility index (Phi) is 4.70. The van der Waals surface area contributed by atoms with Gasteiger partial charge in [0.05, 0.1) is 11.9 Å². The fourth-order valence-corrected chi connectivity index (χ4v) is 3.06. The van der Waals surface area contributed by atoms with E-state index in [0.717, 1.165) is 49.5 Å². The highest BCUT2D eigenvalue weighted by Gasteiger charge is 2.22. The number of hydrogen-bond acceptors (Lipinski definition) is 6. The fraction of sp³-hybridized carbons (Fsp3) is 0.316. The second kappa shape index (κ2) is 7.44. The fourth-order valence-electron chi connectivity index (χ4n) is 3.06. The van der Waals surface area contributed by atoms with E-state index in [1.54, 1.807) is 18.6 Å². The van der Waals surface area contributed by atoms with Crippen molar-refractivity contribution < 1.29 is 9.26 Å². The molecule has 3 aromatic rings. The van der Waals surface area contributed by atoms with Gasteiger partial charge in [-0.15, -0.1) is 0 Å². The van der Waals surface area contributed by atoms with Gasteiger partial charge in [0.15, 0.2) is 5.76 Å². The van der Waals surface area contributed by atoms with Crippen molar-refractivity contribution >= 4 is 0 Å². The number of hydrogen-bond donors (Lipinski definition) is 0. The Labute approximate surface area is 146 Å². The Morgan fingerprint density at radius 3 is 2.72 bits per heavy atom. The summed E-state index contributed by atoms with van der Waals surface area (Å²) in [6.45, 7) is 2.74. The van der Waals surface area contributed by atoms with Crippen LogP contribution < -0.4 is 4.74 Å². The molecule has 4 rings (SSSR count). The van der Waals surface area contributed by atoms with Gasteiger partial charge in [-0.25, -0.2) is 4.98 Å². The molecule has 1 aliphatic heterocycles. The number of rotatable bonds is 5. The minimum atomic E-state index is 0.199. The van der Waals surface area contributed by atoms with E-state index >= 15 is 0 Å². The van der Waals surface area contributed by atoms with Crippen LogP contribution in [-0.2, 0) is 6.54 Å². The molecule has 0 bridgehead atoms. The monoisotopic (exact) mass is 336 g/mol. The van der Waals surface area contributed by atoms with E-state index in [1.807, 2.05) is 36.4 Å². The minimum absolute atomic E-state index is 0.199. The van der Waals surface area contributed by atoms with E-state index in [-0.39, 0.29) is 6.10 Å². The second-order valence-electron chi connectivity index (χ2n) is 6.19. The van der Waals surface area contributed by atoms with Gasteiger partial charge in [0, 0.05) is 43.7 Å². The van der Waals surface area contributed by atoms with Gasteiger partial charge in [0.2, 0.25) is 5.88 Å². The largest absolute Gasteiger partial charge is 0.473 e. The standard InChI is InChI=1S/C19H20N4O2/c1-2-4-15(5-3-1)18-12-16(22-25-18)14-23-10-6-17(7-11-23)24-19-13-20-8-9-21-19/h1-5,8-9,12-13,17H,6-7,10-11,14H2. The molecular weight excluding hydrogens is 316 g/mol. The lowest BCUT2D eigenvalue weighted by molar-refractivity contribution is 0.0917. The van der Waals surface area contributed by atoms with Crippen LogP contribution in [0.3, 0.4) is 0 Å². The van der Waals surface area contributed by atoms with Gasteiger partial charge in [-0.1, -0.05) is 35.5 Å². The molecule has 0 atom stereocenters. The number of aromatic nitrogens is 3. The first-order valence-corrected chi connectivity index (χ1v) is 8.53. The van der Waals surface area contributed by atoms with Crippen LogP contribution in [0.5, 0.6) is 5.88 Å². The zero-order chi connectivity index (χ0) is 16.9. The molecule has 0 unspecified atom stereocenters. The first-order valence-electron chi connectivity index (χ1n) is 8.53. The van der Waals surface area contributed by atoms with Crippen LogP contribution in [0.25, 0.3) is 11.3 Å². The lowest BCUT2D eigenvalue weighted by Gasteiger charge is -2.31. The Balaban J connectivity index is 1.30. The maximum Gasteiger partial charge on any atom is 0.232 e. The van der Waals surface area contributed by atoms with Gasteiger partial charge in [-0.3, -0.25) is 9.88 Å². The topological polar surface area (TPSA) is 64.3 Å². The summed E-state index contributed by atoms with van der Waals surface area (Å²) in [5.41, 5.74) is 2.02. The zero-order valence-corrected chi connectivity index (χ0v) is 13.9. The molecule has 1 saturated heterocycles. The molecule has 0 spiro atoms. The second-order valence-corrected chi connectivity index (χ2v) is 6.19. The molecule has 25 heavy (non-hydrogen) atoms. The quantitative estimate of drug-likeness (QED) is 0.713. The molecule has 0 saturated carbocycles. The number of likely N-dealkylation sites (tertiary alicyclic amines) is 1. The lowest BCUT2D eigenvalue weighted by Crippen LogP contribution is -2.38. The Morgan fingerprint density at radius 1 is 1.12 bits per heavy atom. The highest BCUT2D eigenvalue weighted by molar-refractivity contribution is 5.56. The van der Waals surface area contributed by atoms with Gasteiger partial charge < -0.3 is 9.26 Å². The van der Waals surface area contributed by atoms with Crippen molar-refractivity contribution in [3.8, 4) is 17.2 Å². The Hall–Kier alpha value is -2.73. The van der Waals surface area contributed by atoms with Crippen molar-refractivity contribution in [1.82, 2.24) is 20.0 Å². The van der Waals surface area contributed by atoms with Crippen molar-refractivity contribution in [2.75, 3.05) is 13.1 Å². The van der Waals surface area contributed by atoms with E-state index < -0.39 is 0 Å². The smallest absolute Gasteiger partial charge is 0.232 e. The molecule has 1 aliphatic rings. The maximum absolute atomic E-state index is 5.88. The third-order valence-electron chi connectivity index (χ3n) is 4.36. The van der Waals surface area contributed by atoms with Crippen LogP contribution in [0.2, 0.25) is 0 Å². The van der Waals surface area contributed by atoms with Crippen LogP contribution in [0.15, 0.2) is 59.5 Å². The summed E-state index contributed by atoms with van der Waals surface area (Å²) in [5.74, 6) is 1.42. The van der Waals surface area contributed by atoms with Crippen LogP contribution in [0.4, 0.5) is 0 Å². The summed E-state index contributed by atoms with van der Waals surface area (Å²) < 4.78 is 11.4. The molecule has 0 aliphatic carbocycles. The summed E-state index contributed by atoms with van der Waals surface area (Å²) in [6.07, 6.45) is 7.11. The molecule has 0 radical (unpaired) electrons. The van der Waals surface area contributed by atoms with Gasteiger partial charge in [0.1, 0.15) is 6.10 Å². The minimum Gasteiger partial charge on any atom is -0.473 e. The van der Waals surface area contributed by atoms with Crippen LogP contribution in [0, 0.1) is 0 Å². The third kappa shape index (κ3) is 4.03. The summed E-state index contributed by atoms with van der Waals surface area (Å²) in [7, 11) is 0. The zero-order valence-electron chi connectivity index (χ0n) is 13.9. The molecule has 6 heteroatoms. The van der Waals surface area contributed by atoms with Gasteiger partial charge >= 0.3 is 0 Å². The van der Waals surface area contributed by atoms with E-state index in [1.165, 1.54) is 0 Å². The highest BCUT2D eigenvalue weighted by atomic mass is 16.5. The van der Waals surface area contributed by atoms with E-state index in [4.69, 9.17) is 9.26 Å². The van der Waals surface area contributed by atoms with Crippen LogP contribution in [-0.4, -0.2) is 39.2 Å². The van der Waals surface area contributed by atoms with Crippen LogP contribution in [0.1, 0.15) is 18.5 Å². The van der Waals surface area contributed by atoms with E-state index in [9.17, 15) is 0 Å². The molecule has 0 amide bonds. The van der Waals surface area contributed by atoms with Crippen molar-refractivity contribution in [2.24, 2.45) is 0 Å². The molecule has 0 N–H and O–H groups in total. The molecule has 1 fully saturated rings. The van der Waals surface area contributed by atoms with Crippen molar-refractivity contribution in [1.29, 1.82) is 0 Å². The molecule has 128 valence electrons. The SMILES string of the molecule is c1ccc(-c2cc(CN3CCC(Oc4cnccn4)CC3)no2)cc1. The molecular formula is C19H20N4O2. The van der Waals surface area contributed by atoms with E-state index in [2.05, 4.69) is 20.0 Å². The number of piperidine rings is 1. The summed E-state index contributed by atoms with van der Waals surface area (Å²) >= 11 is 0. The van der Waals surface area contributed by atoms with Crippen molar-refractivity contribution in [3.05, 3.63) is 60.7 Å². The lowest BCUT2D eigenvalue weighted by atomic mass is 10.1. The number of ether oxygens (including phenoxy) is 1. The molecule has 6 nitrogen and oxygen atoms in total. The third-order valence-corrected chi connectivity index (χ3v) is 4.36. The normalized spacial score (nSPS) is 16.0. The Morgan fingerprint density at radius 2 is 1.96 bits per heavy atom. The predicted octanol–water partition coefficient (Wildman–Crippen LogP) is 3.18. The summed E-state index contributed by atoms with van der Waals surface area (Å²) in [4.78, 5) is 10.6. The molecule has 2 aromatic heterocycles. The molecule has 3 heterocycles. The first-order chi connectivity index (χ1) is 12.4. The van der Waals surface area contributed by atoms with Crippen molar-refractivity contribution in [3.63, 3.8) is 0 Å². The average Bonchev–Trinajstić information content (AvgIpc) is 3.14. The molecule has 1 aromatic carbocycles. The van der Waals surface area contributed by atoms with Gasteiger partial charge in [-0.05, 0) is 12.8 Å². The summed E-state index contributed by atoms with van der Waals surface area (Å²) in [5, 5.41) is 4.21. The highest BCUT2D eigenvalue weighted by Crippen LogP contribution is 2.22. The first kappa shape index (κ1) is 15.8.